The minimum atomic E-state index is -0.520. The summed E-state index contributed by atoms with van der Waals surface area (Å²) in [4.78, 5) is 8.15. The molecule has 96 valence electrons. The summed E-state index contributed by atoms with van der Waals surface area (Å²) in [6, 6.07) is 5.75. The molecular weight excluding hydrogens is 226 g/mol. The molecule has 0 amide bonds. The third kappa shape index (κ3) is 3.24. The molecule has 0 saturated carbocycles. The van der Waals surface area contributed by atoms with Crippen molar-refractivity contribution in [2.45, 2.75) is 32.4 Å². The molecule has 0 unspecified atom stereocenters. The fourth-order valence-electron chi connectivity index (χ4n) is 1.73. The van der Waals surface area contributed by atoms with Gasteiger partial charge in [-0.1, -0.05) is 6.07 Å². The van der Waals surface area contributed by atoms with Crippen LogP contribution in [0.3, 0.4) is 0 Å². The minimum Gasteiger partial charge on any atom is -0.387 e. The maximum atomic E-state index is 10.1. The third-order valence-electron chi connectivity index (χ3n) is 2.74. The number of hydrogen-bond acceptors (Lipinski definition) is 4. The van der Waals surface area contributed by atoms with Crippen molar-refractivity contribution in [3.63, 3.8) is 0 Å². The summed E-state index contributed by atoms with van der Waals surface area (Å²) < 4.78 is 0. The number of β-amino-alcohol motifs (C(OH)–C–C–N with tert-alkyl or cyclic N) is 1. The molecule has 0 aliphatic heterocycles. The van der Waals surface area contributed by atoms with Crippen molar-refractivity contribution < 1.29 is 5.11 Å². The molecule has 0 fully saturated rings. The average molecular weight is 245 g/mol. The average Bonchev–Trinajstić information content (AvgIpc) is 2.34. The van der Waals surface area contributed by atoms with Crippen LogP contribution >= 0.6 is 0 Å². The van der Waals surface area contributed by atoms with Gasteiger partial charge in [0.2, 0.25) is 0 Å². The Bertz CT molecular complexity index is 534. The van der Waals surface area contributed by atoms with Crippen molar-refractivity contribution >= 4 is 10.9 Å². The van der Waals surface area contributed by atoms with Gasteiger partial charge in [-0.25, -0.2) is 9.97 Å². The Morgan fingerprint density at radius 1 is 1.33 bits per heavy atom. The molecule has 0 radical (unpaired) electrons. The van der Waals surface area contributed by atoms with Crippen LogP contribution in [0.2, 0.25) is 0 Å². The lowest BCUT2D eigenvalue weighted by atomic mass is 10.0. The van der Waals surface area contributed by atoms with Crippen molar-refractivity contribution in [3.8, 4) is 0 Å². The molecule has 2 aromatic rings. The first-order valence-corrected chi connectivity index (χ1v) is 6.08. The molecule has 1 atom stereocenters. The lowest BCUT2D eigenvalue weighted by Gasteiger charge is -2.23. The monoisotopic (exact) mass is 245 g/mol. The fourth-order valence-corrected chi connectivity index (χ4v) is 1.73. The Morgan fingerprint density at radius 3 is 2.83 bits per heavy atom. The lowest BCUT2D eigenvalue weighted by Crippen LogP contribution is -2.38. The normalized spacial score (nSPS) is 13.8. The Kier molecular flexibility index (Phi) is 3.59. The molecule has 0 bridgehead atoms. The standard InChI is InChI=1S/C14H19N3O/c1-14(2,3)17-8-13(18)10-4-5-12-11(6-10)7-15-9-16-12/h4-7,9,13,17-18H,8H2,1-3H3/t13-/m0/s1. The first-order chi connectivity index (χ1) is 8.46. The van der Waals surface area contributed by atoms with Gasteiger partial charge in [0.1, 0.15) is 6.33 Å². The second kappa shape index (κ2) is 5.00. The summed E-state index contributed by atoms with van der Waals surface area (Å²) in [6.07, 6.45) is 2.77. The Labute approximate surface area is 107 Å². The van der Waals surface area contributed by atoms with Crippen LogP contribution in [0.15, 0.2) is 30.7 Å². The van der Waals surface area contributed by atoms with Gasteiger partial charge in [-0.15, -0.1) is 0 Å². The highest BCUT2D eigenvalue weighted by molar-refractivity contribution is 5.78. The summed E-state index contributed by atoms with van der Waals surface area (Å²) in [7, 11) is 0. The van der Waals surface area contributed by atoms with Crippen LogP contribution in [-0.2, 0) is 0 Å². The van der Waals surface area contributed by atoms with Crippen molar-refractivity contribution in [2.24, 2.45) is 0 Å². The van der Waals surface area contributed by atoms with Gasteiger partial charge in [-0.3, -0.25) is 0 Å². The summed E-state index contributed by atoms with van der Waals surface area (Å²) in [5.74, 6) is 0. The number of aliphatic hydroxyl groups excluding tert-OH is 1. The van der Waals surface area contributed by atoms with Crippen molar-refractivity contribution in [1.82, 2.24) is 15.3 Å². The van der Waals surface area contributed by atoms with Gasteiger partial charge < -0.3 is 10.4 Å². The number of fused-ring (bicyclic) bond motifs is 1. The topological polar surface area (TPSA) is 58.0 Å². The number of nitrogens with one attached hydrogen (secondary N) is 1. The number of rotatable bonds is 3. The Balaban J connectivity index is 2.15. The molecule has 1 aromatic carbocycles. The summed E-state index contributed by atoms with van der Waals surface area (Å²) in [5.41, 5.74) is 1.78. The van der Waals surface area contributed by atoms with E-state index in [2.05, 4.69) is 36.1 Å². The first-order valence-electron chi connectivity index (χ1n) is 6.08. The zero-order valence-electron chi connectivity index (χ0n) is 11.0. The molecular formula is C14H19N3O. The molecule has 0 aliphatic rings. The van der Waals surface area contributed by atoms with Crippen LogP contribution in [0, 0.1) is 0 Å². The molecule has 1 aromatic heterocycles. The predicted molar refractivity (Wildman–Crippen MR) is 72.3 cm³/mol. The van der Waals surface area contributed by atoms with Gasteiger partial charge in [0.05, 0.1) is 11.6 Å². The van der Waals surface area contributed by atoms with Crippen molar-refractivity contribution in [1.29, 1.82) is 0 Å². The molecule has 18 heavy (non-hydrogen) atoms. The van der Waals surface area contributed by atoms with Crippen LogP contribution < -0.4 is 5.32 Å². The second-order valence-electron chi connectivity index (χ2n) is 5.49. The molecule has 0 aliphatic carbocycles. The van der Waals surface area contributed by atoms with Gasteiger partial charge in [-0.05, 0) is 38.5 Å². The maximum Gasteiger partial charge on any atom is 0.116 e. The van der Waals surface area contributed by atoms with Gasteiger partial charge in [0.15, 0.2) is 0 Å². The van der Waals surface area contributed by atoms with E-state index in [0.717, 1.165) is 16.5 Å². The zero-order chi connectivity index (χ0) is 13.2. The molecule has 1 heterocycles. The number of aliphatic hydroxyl groups is 1. The molecule has 2 rings (SSSR count). The summed E-state index contributed by atoms with van der Waals surface area (Å²) in [6.45, 7) is 6.76. The zero-order valence-corrected chi connectivity index (χ0v) is 11.0. The highest BCUT2D eigenvalue weighted by atomic mass is 16.3. The van der Waals surface area contributed by atoms with Gasteiger partial charge in [-0.2, -0.15) is 0 Å². The maximum absolute atomic E-state index is 10.1. The number of nitrogens with zero attached hydrogens (tertiary/aromatic N) is 2. The fraction of sp³-hybridized carbons (Fsp3) is 0.429. The molecule has 4 heteroatoms. The number of aromatic nitrogens is 2. The van der Waals surface area contributed by atoms with E-state index in [4.69, 9.17) is 0 Å². The van der Waals surface area contributed by atoms with E-state index in [-0.39, 0.29) is 5.54 Å². The quantitative estimate of drug-likeness (QED) is 0.869. The van der Waals surface area contributed by atoms with Crippen LogP contribution in [-0.4, -0.2) is 27.2 Å². The van der Waals surface area contributed by atoms with Crippen LogP contribution in [0.4, 0.5) is 0 Å². The van der Waals surface area contributed by atoms with E-state index < -0.39 is 6.10 Å². The van der Waals surface area contributed by atoms with E-state index in [1.165, 1.54) is 6.33 Å². The van der Waals surface area contributed by atoms with Gasteiger partial charge in [0, 0.05) is 23.7 Å². The first kappa shape index (κ1) is 12.9. The number of hydrogen-bond donors (Lipinski definition) is 2. The minimum absolute atomic E-state index is 0.000932. The second-order valence-corrected chi connectivity index (χ2v) is 5.49. The highest BCUT2D eigenvalue weighted by Gasteiger charge is 2.13. The Morgan fingerprint density at radius 2 is 2.11 bits per heavy atom. The van der Waals surface area contributed by atoms with Crippen LogP contribution in [0.5, 0.6) is 0 Å². The largest absolute Gasteiger partial charge is 0.387 e. The van der Waals surface area contributed by atoms with Crippen molar-refractivity contribution in [3.05, 3.63) is 36.3 Å². The van der Waals surface area contributed by atoms with Crippen molar-refractivity contribution in [2.75, 3.05) is 6.54 Å². The smallest absolute Gasteiger partial charge is 0.116 e. The summed E-state index contributed by atoms with van der Waals surface area (Å²) >= 11 is 0. The van der Waals surface area contributed by atoms with E-state index in [0.29, 0.717) is 6.54 Å². The van der Waals surface area contributed by atoms with E-state index in [9.17, 15) is 5.11 Å². The highest BCUT2D eigenvalue weighted by Crippen LogP contribution is 2.18. The van der Waals surface area contributed by atoms with Crippen LogP contribution in [0.1, 0.15) is 32.4 Å². The molecule has 0 saturated heterocycles. The number of benzene rings is 1. The van der Waals surface area contributed by atoms with E-state index in [1.807, 2.05) is 18.2 Å². The lowest BCUT2D eigenvalue weighted by molar-refractivity contribution is 0.163. The van der Waals surface area contributed by atoms with Gasteiger partial charge in [0.25, 0.3) is 0 Å². The Hall–Kier alpha value is -1.52. The molecule has 2 N–H and O–H groups in total. The molecule has 0 spiro atoms. The SMILES string of the molecule is CC(C)(C)NC[C@H](O)c1ccc2ncncc2c1. The summed E-state index contributed by atoms with van der Waals surface area (Å²) in [5, 5.41) is 14.4. The molecule has 4 nitrogen and oxygen atoms in total. The van der Waals surface area contributed by atoms with Crippen LogP contribution in [0.25, 0.3) is 10.9 Å². The van der Waals surface area contributed by atoms with E-state index >= 15 is 0 Å². The van der Waals surface area contributed by atoms with E-state index in [1.54, 1.807) is 6.20 Å². The third-order valence-corrected chi connectivity index (χ3v) is 2.74. The van der Waals surface area contributed by atoms with Gasteiger partial charge >= 0.3 is 0 Å². The predicted octanol–water partition coefficient (Wildman–Crippen LogP) is 2.05.